The first-order chi connectivity index (χ1) is 13.8. The Kier molecular flexibility index (Phi) is 6.34. The van der Waals surface area contributed by atoms with Crippen LogP contribution >= 0.6 is 0 Å². The van der Waals surface area contributed by atoms with Crippen LogP contribution in [0.15, 0.2) is 16.9 Å². The third-order valence-corrected chi connectivity index (χ3v) is 5.17. The van der Waals surface area contributed by atoms with Gasteiger partial charge in [-0.15, -0.1) is 0 Å². The highest BCUT2D eigenvalue weighted by Gasteiger charge is 2.25. The molecule has 0 spiro atoms. The first-order valence-electron chi connectivity index (χ1n) is 9.81. The number of fused-ring (bicyclic) bond motifs is 1. The molecule has 0 aliphatic carbocycles. The van der Waals surface area contributed by atoms with Crippen LogP contribution in [0.4, 0.5) is 8.78 Å². The minimum Gasteiger partial charge on any atom is -0.491 e. The number of hydrogen-bond acceptors (Lipinski definition) is 4. The highest BCUT2D eigenvalue weighted by Crippen LogP contribution is 2.24. The fraction of sp³-hybridized carbons (Fsp3) is 0.550. The third kappa shape index (κ3) is 4.49. The molecule has 1 aliphatic heterocycles. The normalized spacial score (nSPS) is 16.4. The van der Waals surface area contributed by atoms with Gasteiger partial charge in [0.05, 0.1) is 12.7 Å². The smallest absolute Gasteiger partial charge is 0.345 e. The summed E-state index contributed by atoms with van der Waals surface area (Å²) in [6.07, 6.45) is 2.51. The van der Waals surface area contributed by atoms with Gasteiger partial charge in [0.25, 0.3) is 5.91 Å². The lowest BCUT2D eigenvalue weighted by molar-refractivity contribution is 0.0927. The van der Waals surface area contributed by atoms with Crippen molar-refractivity contribution >= 4 is 5.91 Å². The van der Waals surface area contributed by atoms with Gasteiger partial charge in [0.15, 0.2) is 17.4 Å². The quantitative estimate of drug-likeness (QED) is 0.797. The van der Waals surface area contributed by atoms with E-state index >= 15 is 0 Å². The Bertz CT molecular complexity index is 952. The van der Waals surface area contributed by atoms with E-state index in [1.165, 1.54) is 4.68 Å². The van der Waals surface area contributed by atoms with Crippen molar-refractivity contribution in [3.05, 3.63) is 45.6 Å². The largest absolute Gasteiger partial charge is 0.491 e. The number of amides is 1. The number of hydrogen-bond donors (Lipinski definition) is 1. The molecule has 7 nitrogen and oxygen atoms in total. The van der Waals surface area contributed by atoms with Gasteiger partial charge in [-0.1, -0.05) is 13.8 Å². The van der Waals surface area contributed by atoms with E-state index < -0.39 is 23.3 Å². The first kappa shape index (κ1) is 21.0. The molecule has 1 N–H and O–H groups in total. The van der Waals surface area contributed by atoms with Gasteiger partial charge in [-0.2, -0.15) is 5.10 Å². The highest BCUT2D eigenvalue weighted by atomic mass is 19.1. The second-order valence-electron chi connectivity index (χ2n) is 7.70. The van der Waals surface area contributed by atoms with Crippen molar-refractivity contribution in [1.82, 2.24) is 19.7 Å². The molecule has 0 bridgehead atoms. The van der Waals surface area contributed by atoms with Crippen LogP contribution in [0.2, 0.25) is 0 Å². The van der Waals surface area contributed by atoms with E-state index in [0.29, 0.717) is 44.1 Å². The molecule has 29 heavy (non-hydrogen) atoms. The predicted octanol–water partition coefficient (Wildman–Crippen LogP) is 2.51. The summed E-state index contributed by atoms with van der Waals surface area (Å²) in [5.74, 6) is -1.94. The molecule has 1 aliphatic rings. The summed E-state index contributed by atoms with van der Waals surface area (Å²) in [4.78, 5) is 25.0. The summed E-state index contributed by atoms with van der Waals surface area (Å²) in [6, 6.07) is 1.85. The van der Waals surface area contributed by atoms with E-state index in [9.17, 15) is 18.4 Å². The molecule has 2 heterocycles. The van der Waals surface area contributed by atoms with Crippen molar-refractivity contribution in [3.8, 4) is 5.75 Å². The van der Waals surface area contributed by atoms with Crippen LogP contribution in [-0.2, 0) is 19.5 Å². The zero-order chi connectivity index (χ0) is 21.1. The van der Waals surface area contributed by atoms with Gasteiger partial charge in [0, 0.05) is 25.6 Å². The molecule has 1 aromatic heterocycles. The monoisotopic (exact) mass is 408 g/mol. The molecule has 2 aromatic rings. The molecule has 1 atom stereocenters. The van der Waals surface area contributed by atoms with E-state index in [0.717, 1.165) is 25.7 Å². The fourth-order valence-electron chi connectivity index (χ4n) is 3.46. The van der Waals surface area contributed by atoms with E-state index in [1.807, 2.05) is 0 Å². The number of nitrogens with one attached hydrogen (secondary N) is 1. The van der Waals surface area contributed by atoms with Crippen molar-refractivity contribution in [1.29, 1.82) is 0 Å². The number of carbonyl (C=O) groups excluding carboxylic acids is 1. The molecule has 1 amide bonds. The van der Waals surface area contributed by atoms with Gasteiger partial charge in [-0.25, -0.2) is 18.3 Å². The molecule has 0 saturated carbocycles. The standard InChI is InChI=1S/C20H26F2N4O3/c1-12(2)8-11-26-20(28)25-10-9-13(4-7-16(25)24-26)23-19(27)14-5-6-15(21)18(29-3)17(14)22/h5-6,12-13H,4,7-11H2,1-3H3,(H,23,27). The summed E-state index contributed by atoms with van der Waals surface area (Å²) in [5, 5.41) is 7.22. The van der Waals surface area contributed by atoms with Crippen LogP contribution in [0.5, 0.6) is 5.75 Å². The van der Waals surface area contributed by atoms with Crippen LogP contribution in [-0.4, -0.2) is 33.4 Å². The van der Waals surface area contributed by atoms with Gasteiger partial charge >= 0.3 is 5.69 Å². The lowest BCUT2D eigenvalue weighted by Gasteiger charge is -2.17. The number of methoxy groups -OCH3 is 1. The topological polar surface area (TPSA) is 78.2 Å². The van der Waals surface area contributed by atoms with E-state index in [1.54, 1.807) is 4.57 Å². The van der Waals surface area contributed by atoms with Gasteiger partial charge < -0.3 is 10.1 Å². The Balaban J connectivity index is 1.68. The van der Waals surface area contributed by atoms with Crippen molar-refractivity contribution in [2.24, 2.45) is 5.92 Å². The molecule has 9 heteroatoms. The first-order valence-corrected chi connectivity index (χ1v) is 9.81. The lowest BCUT2D eigenvalue weighted by Crippen LogP contribution is -2.36. The number of aromatic nitrogens is 3. The van der Waals surface area contributed by atoms with Crippen LogP contribution in [0.25, 0.3) is 0 Å². The molecule has 158 valence electrons. The average molecular weight is 408 g/mol. The zero-order valence-electron chi connectivity index (χ0n) is 16.9. The maximum Gasteiger partial charge on any atom is 0.345 e. The van der Waals surface area contributed by atoms with Crippen LogP contribution in [0, 0.1) is 17.6 Å². The Hall–Kier alpha value is -2.71. The van der Waals surface area contributed by atoms with Gasteiger partial charge in [0.1, 0.15) is 5.82 Å². The Labute approximate surface area is 167 Å². The second kappa shape index (κ2) is 8.75. The molecular formula is C20H26F2N4O3. The number of ether oxygens (including phenoxy) is 1. The molecule has 1 aromatic carbocycles. The van der Waals surface area contributed by atoms with Crippen molar-refractivity contribution in [2.75, 3.05) is 7.11 Å². The van der Waals surface area contributed by atoms with Crippen LogP contribution in [0.3, 0.4) is 0 Å². The number of rotatable bonds is 6. The number of carbonyl (C=O) groups is 1. The van der Waals surface area contributed by atoms with Gasteiger partial charge in [0.2, 0.25) is 0 Å². The summed E-state index contributed by atoms with van der Waals surface area (Å²) in [6.45, 7) is 5.20. The molecular weight excluding hydrogens is 382 g/mol. The van der Waals surface area contributed by atoms with Crippen molar-refractivity contribution in [3.63, 3.8) is 0 Å². The van der Waals surface area contributed by atoms with Gasteiger partial charge in [-0.05, 0) is 37.3 Å². The minimum absolute atomic E-state index is 0.137. The Morgan fingerprint density at radius 2 is 2.10 bits per heavy atom. The zero-order valence-corrected chi connectivity index (χ0v) is 16.9. The van der Waals surface area contributed by atoms with Crippen molar-refractivity contribution in [2.45, 2.75) is 58.7 Å². The molecule has 3 rings (SSSR count). The molecule has 0 saturated heterocycles. The summed E-state index contributed by atoms with van der Waals surface area (Å²) >= 11 is 0. The third-order valence-electron chi connectivity index (χ3n) is 5.17. The maximum atomic E-state index is 14.3. The molecule has 1 unspecified atom stereocenters. The van der Waals surface area contributed by atoms with Gasteiger partial charge in [-0.3, -0.25) is 9.36 Å². The Morgan fingerprint density at radius 3 is 2.79 bits per heavy atom. The number of aryl methyl sites for hydroxylation is 2. The summed E-state index contributed by atoms with van der Waals surface area (Å²) in [7, 11) is 1.14. The number of nitrogens with zero attached hydrogens (tertiary/aromatic N) is 3. The van der Waals surface area contributed by atoms with E-state index in [2.05, 4.69) is 29.0 Å². The molecule has 0 fully saturated rings. The molecule has 0 radical (unpaired) electrons. The predicted molar refractivity (Wildman–Crippen MR) is 103 cm³/mol. The maximum absolute atomic E-state index is 14.3. The Morgan fingerprint density at radius 1 is 1.34 bits per heavy atom. The summed E-state index contributed by atoms with van der Waals surface area (Å²) < 4.78 is 35.7. The van der Waals surface area contributed by atoms with Crippen molar-refractivity contribution < 1.29 is 18.3 Å². The van der Waals surface area contributed by atoms with E-state index in [4.69, 9.17) is 0 Å². The SMILES string of the molecule is COc1c(F)ccc(C(=O)NC2CCc3nn(CCC(C)C)c(=O)n3CC2)c1F. The number of halogens is 2. The highest BCUT2D eigenvalue weighted by molar-refractivity contribution is 5.95. The lowest BCUT2D eigenvalue weighted by atomic mass is 10.1. The fourth-order valence-corrected chi connectivity index (χ4v) is 3.46. The van der Waals surface area contributed by atoms with Crippen LogP contribution < -0.4 is 15.7 Å². The average Bonchev–Trinajstić information content (AvgIpc) is 2.83. The number of benzene rings is 1. The van der Waals surface area contributed by atoms with E-state index in [-0.39, 0.29) is 17.3 Å². The summed E-state index contributed by atoms with van der Waals surface area (Å²) in [5.41, 5.74) is -0.414. The second-order valence-corrected chi connectivity index (χ2v) is 7.70. The van der Waals surface area contributed by atoms with Crippen LogP contribution in [0.1, 0.15) is 49.3 Å². The minimum atomic E-state index is -1.03.